The Hall–Kier alpha value is -2.25. The molecule has 1 saturated heterocycles. The van der Waals surface area contributed by atoms with Crippen LogP contribution in [-0.2, 0) is 0 Å². The van der Waals surface area contributed by atoms with Crippen molar-refractivity contribution in [1.29, 1.82) is 0 Å². The van der Waals surface area contributed by atoms with E-state index in [9.17, 15) is 4.79 Å². The van der Waals surface area contributed by atoms with Crippen LogP contribution in [0.5, 0.6) is 0 Å². The predicted octanol–water partition coefficient (Wildman–Crippen LogP) is 7.00. The van der Waals surface area contributed by atoms with Crippen LogP contribution in [0.2, 0.25) is 10.2 Å². The lowest BCUT2D eigenvalue weighted by Gasteiger charge is -2.32. The number of aryl methyl sites for hydroxylation is 1. The van der Waals surface area contributed by atoms with E-state index in [4.69, 9.17) is 28.2 Å². The number of carbonyl (C=O) groups excluding carboxylic acids is 1. The maximum atomic E-state index is 12.8. The number of halogens is 3. The lowest BCUT2D eigenvalue weighted by Crippen LogP contribution is -2.33. The lowest BCUT2D eigenvalue weighted by atomic mass is 9.91. The van der Waals surface area contributed by atoms with Gasteiger partial charge in [0.05, 0.1) is 11.4 Å². The lowest BCUT2D eigenvalue weighted by molar-refractivity contribution is 0.102. The number of carbonyl (C=O) groups is 1. The summed E-state index contributed by atoms with van der Waals surface area (Å²) in [6.45, 7) is 4.80. The van der Waals surface area contributed by atoms with E-state index in [0.29, 0.717) is 5.56 Å². The quantitative estimate of drug-likeness (QED) is 0.330. The molecule has 34 heavy (non-hydrogen) atoms. The molecule has 1 amide bonds. The summed E-state index contributed by atoms with van der Waals surface area (Å²) in [4.78, 5) is 24.0. The zero-order valence-corrected chi connectivity index (χ0v) is 21.9. The molecule has 0 saturated carbocycles. The highest BCUT2D eigenvalue weighted by atomic mass is 79.9. The SMILES string of the molecule is Cc1cc(NC(=O)c2ccnc(Cl)c2)c(C2CCN(C/C=C/c3ccc(Cl)cc3)CC2)nc1Br. The summed E-state index contributed by atoms with van der Waals surface area (Å²) < 4.78 is 0.806. The average Bonchev–Trinajstić information content (AvgIpc) is 2.83. The molecule has 3 aromatic rings. The highest BCUT2D eigenvalue weighted by Gasteiger charge is 2.25. The van der Waals surface area contributed by atoms with E-state index in [2.05, 4.69) is 43.3 Å². The first-order valence-corrected chi connectivity index (χ1v) is 12.7. The minimum atomic E-state index is -0.223. The normalized spacial score (nSPS) is 15.1. The van der Waals surface area contributed by atoms with Crippen molar-refractivity contribution in [1.82, 2.24) is 14.9 Å². The minimum Gasteiger partial charge on any atom is -0.320 e. The number of nitrogens with zero attached hydrogens (tertiary/aromatic N) is 3. The molecule has 1 aromatic carbocycles. The van der Waals surface area contributed by atoms with Gasteiger partial charge in [0.15, 0.2) is 0 Å². The standard InChI is InChI=1S/C26H25BrCl2N4O/c1-17-15-22(31-26(34)20-8-11-30-23(29)16-20)24(32-25(17)27)19-9-13-33(14-10-19)12-2-3-18-4-6-21(28)7-5-18/h2-8,11,15-16,19H,9-10,12-14H2,1H3,(H,31,34)/b3-2+. The number of hydrogen-bond acceptors (Lipinski definition) is 4. The topological polar surface area (TPSA) is 58.1 Å². The van der Waals surface area contributed by atoms with Gasteiger partial charge in [0.25, 0.3) is 5.91 Å². The zero-order valence-electron chi connectivity index (χ0n) is 18.8. The van der Waals surface area contributed by atoms with Crippen LogP contribution in [0.15, 0.2) is 59.3 Å². The van der Waals surface area contributed by atoms with E-state index in [1.165, 1.54) is 6.20 Å². The van der Waals surface area contributed by atoms with Gasteiger partial charge in [-0.1, -0.05) is 47.5 Å². The van der Waals surface area contributed by atoms with Crippen molar-refractivity contribution in [3.8, 4) is 0 Å². The van der Waals surface area contributed by atoms with Crippen LogP contribution in [0.4, 0.5) is 5.69 Å². The van der Waals surface area contributed by atoms with Gasteiger partial charge in [-0.15, -0.1) is 0 Å². The second-order valence-corrected chi connectivity index (χ2v) is 9.95. The molecule has 0 aliphatic carbocycles. The fraction of sp³-hybridized carbons (Fsp3) is 0.269. The van der Waals surface area contributed by atoms with Gasteiger partial charge in [-0.25, -0.2) is 9.97 Å². The number of piperidine rings is 1. The summed E-state index contributed by atoms with van der Waals surface area (Å²) in [5.41, 5.74) is 4.25. The van der Waals surface area contributed by atoms with E-state index in [-0.39, 0.29) is 17.0 Å². The molecule has 0 bridgehead atoms. The third-order valence-electron chi connectivity index (χ3n) is 5.94. The fourth-order valence-electron chi connectivity index (χ4n) is 4.05. The second kappa shape index (κ2) is 11.5. The number of anilines is 1. The number of nitrogens with one attached hydrogen (secondary N) is 1. The Morgan fingerprint density at radius 1 is 1.18 bits per heavy atom. The number of likely N-dealkylation sites (tertiary alicyclic amines) is 1. The van der Waals surface area contributed by atoms with Crippen LogP contribution < -0.4 is 5.32 Å². The summed E-state index contributed by atoms with van der Waals surface area (Å²) >= 11 is 15.5. The molecule has 5 nitrogen and oxygen atoms in total. The summed E-state index contributed by atoms with van der Waals surface area (Å²) in [5, 5.41) is 4.08. The van der Waals surface area contributed by atoms with E-state index < -0.39 is 0 Å². The molecule has 1 aliphatic rings. The van der Waals surface area contributed by atoms with Crippen molar-refractivity contribution in [3.05, 3.63) is 91.9 Å². The number of amides is 1. The maximum absolute atomic E-state index is 12.8. The number of rotatable bonds is 6. The van der Waals surface area contributed by atoms with Gasteiger partial charge >= 0.3 is 0 Å². The van der Waals surface area contributed by atoms with Gasteiger partial charge in [0.2, 0.25) is 0 Å². The van der Waals surface area contributed by atoms with Gasteiger partial charge in [-0.05, 0) is 90.2 Å². The molecular weight excluding hydrogens is 535 g/mol. The Morgan fingerprint density at radius 2 is 1.91 bits per heavy atom. The summed E-state index contributed by atoms with van der Waals surface area (Å²) in [6.07, 6.45) is 7.79. The minimum absolute atomic E-state index is 0.223. The van der Waals surface area contributed by atoms with Crippen molar-refractivity contribution in [3.63, 3.8) is 0 Å². The van der Waals surface area contributed by atoms with Crippen LogP contribution in [0.3, 0.4) is 0 Å². The first-order chi connectivity index (χ1) is 16.4. The van der Waals surface area contributed by atoms with Gasteiger partial charge < -0.3 is 5.32 Å². The zero-order chi connectivity index (χ0) is 24.1. The van der Waals surface area contributed by atoms with Gasteiger partial charge in [0.1, 0.15) is 9.76 Å². The Balaban J connectivity index is 1.41. The van der Waals surface area contributed by atoms with Crippen LogP contribution in [0.1, 0.15) is 45.9 Å². The monoisotopic (exact) mass is 558 g/mol. The van der Waals surface area contributed by atoms with Crippen molar-refractivity contribution in [2.75, 3.05) is 25.0 Å². The average molecular weight is 560 g/mol. The first kappa shape index (κ1) is 24.9. The highest BCUT2D eigenvalue weighted by molar-refractivity contribution is 9.10. The summed E-state index contributed by atoms with van der Waals surface area (Å²) in [5.74, 6) is 0.0450. The van der Waals surface area contributed by atoms with Gasteiger partial charge in [0, 0.05) is 29.2 Å². The molecule has 0 radical (unpaired) electrons. The molecular formula is C26H25BrCl2N4O. The van der Waals surface area contributed by atoms with E-state index in [0.717, 1.165) is 64.6 Å². The van der Waals surface area contributed by atoms with E-state index in [1.54, 1.807) is 12.1 Å². The van der Waals surface area contributed by atoms with E-state index >= 15 is 0 Å². The summed E-state index contributed by atoms with van der Waals surface area (Å²) in [6, 6.07) is 13.0. The van der Waals surface area contributed by atoms with Gasteiger partial charge in [-0.2, -0.15) is 0 Å². The molecule has 0 unspecified atom stereocenters. The molecule has 8 heteroatoms. The third-order valence-corrected chi connectivity index (χ3v) is 7.20. The van der Waals surface area contributed by atoms with Gasteiger partial charge in [-0.3, -0.25) is 9.69 Å². The molecule has 4 rings (SSSR count). The molecule has 1 aliphatic heterocycles. The van der Waals surface area contributed by atoms with Crippen molar-refractivity contribution in [2.24, 2.45) is 0 Å². The Labute approximate surface area is 218 Å². The third kappa shape index (κ3) is 6.45. The van der Waals surface area contributed by atoms with Crippen molar-refractivity contribution >= 4 is 56.8 Å². The van der Waals surface area contributed by atoms with Crippen molar-refractivity contribution < 1.29 is 4.79 Å². The number of hydrogen-bond donors (Lipinski definition) is 1. The van der Waals surface area contributed by atoms with E-state index in [1.807, 2.05) is 37.3 Å². The maximum Gasteiger partial charge on any atom is 0.255 e. The fourth-order valence-corrected chi connectivity index (χ4v) is 4.66. The molecule has 2 aromatic heterocycles. The Morgan fingerprint density at radius 3 is 2.62 bits per heavy atom. The molecule has 0 spiro atoms. The first-order valence-electron chi connectivity index (χ1n) is 11.1. The molecule has 176 valence electrons. The highest BCUT2D eigenvalue weighted by Crippen LogP contribution is 2.34. The largest absolute Gasteiger partial charge is 0.320 e. The smallest absolute Gasteiger partial charge is 0.255 e. The summed E-state index contributed by atoms with van der Waals surface area (Å²) in [7, 11) is 0. The second-order valence-electron chi connectivity index (χ2n) is 8.38. The number of pyridine rings is 2. The Kier molecular flexibility index (Phi) is 8.37. The predicted molar refractivity (Wildman–Crippen MR) is 143 cm³/mol. The van der Waals surface area contributed by atoms with Crippen molar-refractivity contribution in [2.45, 2.75) is 25.7 Å². The van der Waals surface area contributed by atoms with Crippen LogP contribution >= 0.6 is 39.1 Å². The molecule has 0 atom stereocenters. The van der Waals surface area contributed by atoms with Crippen LogP contribution in [0, 0.1) is 6.92 Å². The molecule has 1 fully saturated rings. The molecule has 1 N–H and O–H groups in total. The van der Waals surface area contributed by atoms with Crippen LogP contribution in [0.25, 0.3) is 6.08 Å². The van der Waals surface area contributed by atoms with Crippen LogP contribution in [-0.4, -0.2) is 40.4 Å². The molecule has 3 heterocycles. The number of aromatic nitrogens is 2. The number of benzene rings is 1. The Bertz CT molecular complexity index is 1190.